The van der Waals surface area contributed by atoms with Crippen molar-refractivity contribution in [2.75, 3.05) is 5.73 Å². The van der Waals surface area contributed by atoms with Gasteiger partial charge in [0.15, 0.2) is 5.75 Å². The van der Waals surface area contributed by atoms with E-state index in [2.05, 4.69) is 4.98 Å². The lowest BCUT2D eigenvalue weighted by atomic mass is 10.2. The topological polar surface area (TPSA) is 48.1 Å². The molecular formula is C13H11F3N2O. The number of nitrogen functional groups attached to an aromatic ring is 1. The number of aryl methyl sites for hydroxylation is 1. The summed E-state index contributed by atoms with van der Waals surface area (Å²) in [5.74, 6) is 0.428. The Hall–Kier alpha value is -2.24. The van der Waals surface area contributed by atoms with Gasteiger partial charge in [-0.1, -0.05) is 12.1 Å². The molecule has 2 aromatic rings. The zero-order valence-corrected chi connectivity index (χ0v) is 10.0. The molecule has 0 aliphatic heterocycles. The normalized spacial score (nSPS) is 11.4. The first-order valence-corrected chi connectivity index (χ1v) is 5.44. The molecule has 0 amide bonds. The summed E-state index contributed by atoms with van der Waals surface area (Å²) in [6, 6.07) is 7.24. The number of nitrogens with zero attached hydrogens (tertiary/aromatic N) is 1. The first kappa shape index (κ1) is 13.2. The number of hydrogen-bond donors (Lipinski definition) is 1. The summed E-state index contributed by atoms with van der Waals surface area (Å²) < 4.78 is 42.4. The van der Waals surface area contributed by atoms with Crippen LogP contribution in [0.4, 0.5) is 18.9 Å². The molecule has 0 fully saturated rings. The Labute approximate surface area is 107 Å². The van der Waals surface area contributed by atoms with E-state index in [-0.39, 0.29) is 5.88 Å². The number of rotatable bonds is 2. The maximum Gasteiger partial charge on any atom is 0.417 e. The van der Waals surface area contributed by atoms with Gasteiger partial charge >= 0.3 is 6.18 Å². The Kier molecular flexibility index (Phi) is 3.33. The van der Waals surface area contributed by atoms with E-state index < -0.39 is 11.7 Å². The monoisotopic (exact) mass is 268 g/mol. The van der Waals surface area contributed by atoms with Crippen molar-refractivity contribution in [3.05, 3.63) is 47.7 Å². The Morgan fingerprint density at radius 2 is 1.89 bits per heavy atom. The first-order chi connectivity index (χ1) is 8.88. The highest BCUT2D eigenvalue weighted by Gasteiger charge is 2.30. The molecule has 2 rings (SSSR count). The third-order valence-electron chi connectivity index (χ3n) is 2.56. The van der Waals surface area contributed by atoms with Crippen LogP contribution in [0.3, 0.4) is 0 Å². The minimum atomic E-state index is -4.41. The van der Waals surface area contributed by atoms with Crippen molar-refractivity contribution in [3.8, 4) is 11.6 Å². The lowest BCUT2D eigenvalue weighted by Crippen LogP contribution is -2.05. The summed E-state index contributed by atoms with van der Waals surface area (Å²) in [5, 5.41) is 0. The van der Waals surface area contributed by atoms with Gasteiger partial charge in [-0.2, -0.15) is 13.2 Å². The molecule has 0 aliphatic carbocycles. The fourth-order valence-corrected chi connectivity index (χ4v) is 1.46. The lowest BCUT2D eigenvalue weighted by molar-refractivity contribution is -0.137. The molecule has 0 aliphatic rings. The van der Waals surface area contributed by atoms with Crippen molar-refractivity contribution in [2.45, 2.75) is 13.1 Å². The highest BCUT2D eigenvalue weighted by Crippen LogP contribution is 2.31. The van der Waals surface area contributed by atoms with Crippen LogP contribution in [0.5, 0.6) is 11.6 Å². The average Bonchev–Trinajstić information content (AvgIpc) is 2.35. The molecule has 0 atom stereocenters. The highest BCUT2D eigenvalue weighted by atomic mass is 19.4. The summed E-state index contributed by atoms with van der Waals surface area (Å²) in [4.78, 5) is 3.61. The third-order valence-corrected chi connectivity index (χ3v) is 2.56. The number of hydrogen-bond acceptors (Lipinski definition) is 3. The van der Waals surface area contributed by atoms with E-state index >= 15 is 0 Å². The van der Waals surface area contributed by atoms with Crippen LogP contribution in [-0.4, -0.2) is 4.98 Å². The summed E-state index contributed by atoms with van der Waals surface area (Å²) in [5.41, 5.74) is 6.23. The molecule has 0 saturated heterocycles. The average molecular weight is 268 g/mol. The molecule has 0 spiro atoms. The molecule has 0 saturated carbocycles. The summed E-state index contributed by atoms with van der Waals surface area (Å²) >= 11 is 0. The first-order valence-electron chi connectivity index (χ1n) is 5.44. The molecule has 3 nitrogen and oxygen atoms in total. The number of nitrogens with two attached hydrogens (primary N) is 1. The number of aromatic nitrogens is 1. The van der Waals surface area contributed by atoms with Crippen molar-refractivity contribution in [1.82, 2.24) is 4.98 Å². The van der Waals surface area contributed by atoms with E-state index in [0.717, 1.165) is 23.9 Å². The van der Waals surface area contributed by atoms with Gasteiger partial charge in [0.25, 0.3) is 0 Å². The largest absolute Gasteiger partial charge is 0.437 e. The molecule has 1 aromatic carbocycles. The molecule has 1 aromatic heterocycles. The number of pyridine rings is 1. The summed E-state index contributed by atoms with van der Waals surface area (Å²) in [6.07, 6.45) is -3.69. The number of halogens is 3. The lowest BCUT2D eigenvalue weighted by Gasteiger charge is -2.10. The van der Waals surface area contributed by atoms with E-state index in [1.165, 1.54) is 0 Å². The van der Waals surface area contributed by atoms with Crippen molar-refractivity contribution >= 4 is 5.69 Å². The number of para-hydroxylation sites is 1. The van der Waals surface area contributed by atoms with Crippen LogP contribution in [0.2, 0.25) is 0 Å². The second kappa shape index (κ2) is 4.79. The molecule has 100 valence electrons. The number of benzene rings is 1. The van der Waals surface area contributed by atoms with Gasteiger partial charge in [0, 0.05) is 12.3 Å². The fourth-order valence-electron chi connectivity index (χ4n) is 1.46. The summed E-state index contributed by atoms with van der Waals surface area (Å²) in [7, 11) is 0. The van der Waals surface area contributed by atoms with Gasteiger partial charge in [0.2, 0.25) is 5.88 Å². The number of ether oxygens (including phenoxy) is 1. The maximum atomic E-state index is 12.4. The predicted molar refractivity (Wildman–Crippen MR) is 64.9 cm³/mol. The molecule has 19 heavy (non-hydrogen) atoms. The Balaban J connectivity index is 2.23. The van der Waals surface area contributed by atoms with Gasteiger partial charge in [0.05, 0.1) is 11.3 Å². The quantitative estimate of drug-likeness (QED) is 0.843. The van der Waals surface area contributed by atoms with Gasteiger partial charge in [-0.3, -0.25) is 0 Å². The van der Waals surface area contributed by atoms with Crippen LogP contribution in [-0.2, 0) is 6.18 Å². The zero-order valence-electron chi connectivity index (χ0n) is 10.0. The van der Waals surface area contributed by atoms with Crippen molar-refractivity contribution in [3.63, 3.8) is 0 Å². The summed E-state index contributed by atoms with van der Waals surface area (Å²) in [6.45, 7) is 1.81. The Bertz CT molecular complexity index is 579. The smallest absolute Gasteiger partial charge is 0.417 e. The van der Waals surface area contributed by atoms with Crippen molar-refractivity contribution in [2.24, 2.45) is 0 Å². The van der Waals surface area contributed by atoms with Gasteiger partial charge < -0.3 is 10.5 Å². The minimum absolute atomic E-state index is 0.0605. The van der Waals surface area contributed by atoms with E-state index in [1.54, 1.807) is 12.1 Å². The zero-order chi connectivity index (χ0) is 14.0. The minimum Gasteiger partial charge on any atom is -0.437 e. The van der Waals surface area contributed by atoms with Gasteiger partial charge in [-0.25, -0.2) is 4.98 Å². The predicted octanol–water partition coefficient (Wildman–Crippen LogP) is 3.78. The van der Waals surface area contributed by atoms with E-state index in [4.69, 9.17) is 10.5 Å². The van der Waals surface area contributed by atoms with E-state index in [1.807, 2.05) is 13.0 Å². The number of alkyl halides is 3. The molecule has 0 unspecified atom stereocenters. The van der Waals surface area contributed by atoms with Gasteiger partial charge in [-0.05, 0) is 24.6 Å². The van der Waals surface area contributed by atoms with Crippen LogP contribution in [0.15, 0.2) is 36.5 Å². The van der Waals surface area contributed by atoms with Crippen LogP contribution in [0, 0.1) is 6.92 Å². The van der Waals surface area contributed by atoms with Crippen LogP contribution >= 0.6 is 0 Å². The maximum absolute atomic E-state index is 12.4. The SMILES string of the molecule is Cc1cccc(Oc2ccc(C(F)(F)F)cn2)c1N. The Morgan fingerprint density at radius 1 is 1.16 bits per heavy atom. The second-order valence-electron chi connectivity index (χ2n) is 3.97. The van der Waals surface area contributed by atoms with Crippen LogP contribution in [0.25, 0.3) is 0 Å². The van der Waals surface area contributed by atoms with Crippen molar-refractivity contribution in [1.29, 1.82) is 0 Å². The van der Waals surface area contributed by atoms with E-state index in [0.29, 0.717) is 11.4 Å². The third kappa shape index (κ3) is 2.96. The van der Waals surface area contributed by atoms with Gasteiger partial charge in [-0.15, -0.1) is 0 Å². The second-order valence-corrected chi connectivity index (χ2v) is 3.97. The van der Waals surface area contributed by atoms with Crippen LogP contribution in [0.1, 0.15) is 11.1 Å². The van der Waals surface area contributed by atoms with Crippen LogP contribution < -0.4 is 10.5 Å². The number of anilines is 1. The van der Waals surface area contributed by atoms with Crippen molar-refractivity contribution < 1.29 is 17.9 Å². The molecule has 2 N–H and O–H groups in total. The fraction of sp³-hybridized carbons (Fsp3) is 0.154. The molecule has 0 radical (unpaired) electrons. The molecule has 0 bridgehead atoms. The Morgan fingerprint density at radius 3 is 2.47 bits per heavy atom. The molecule has 6 heteroatoms. The standard InChI is InChI=1S/C13H11F3N2O/c1-8-3-2-4-10(12(8)17)19-11-6-5-9(7-18-11)13(14,15)16/h2-7H,17H2,1H3. The van der Waals surface area contributed by atoms with E-state index in [9.17, 15) is 13.2 Å². The molecular weight excluding hydrogens is 257 g/mol. The molecule has 1 heterocycles. The highest BCUT2D eigenvalue weighted by molar-refractivity contribution is 5.58. The van der Waals surface area contributed by atoms with Gasteiger partial charge in [0.1, 0.15) is 0 Å².